The van der Waals surface area contributed by atoms with E-state index in [0.29, 0.717) is 0 Å². The molecular formula is C16H22BrN3O. The van der Waals surface area contributed by atoms with Crippen molar-refractivity contribution in [2.24, 2.45) is 0 Å². The molecule has 0 bridgehead atoms. The van der Waals surface area contributed by atoms with Crippen LogP contribution in [0.2, 0.25) is 0 Å². The minimum atomic E-state index is 0.759. The molecule has 0 saturated carbocycles. The predicted molar refractivity (Wildman–Crippen MR) is 88.5 cm³/mol. The number of halogens is 1. The minimum absolute atomic E-state index is 0.759. The lowest BCUT2D eigenvalue weighted by Gasteiger charge is -2.12. The average molecular weight is 352 g/mol. The van der Waals surface area contributed by atoms with Crippen LogP contribution in [0.1, 0.15) is 25.3 Å². The van der Waals surface area contributed by atoms with Crippen LogP contribution < -0.4 is 10.1 Å². The second-order valence-electron chi connectivity index (χ2n) is 4.93. The van der Waals surface area contributed by atoms with Crippen molar-refractivity contribution in [2.75, 3.05) is 13.2 Å². The molecule has 2 rings (SSSR count). The molecule has 0 unspecified atom stereocenters. The minimum Gasteiger partial charge on any atom is -0.493 e. The molecule has 0 amide bonds. The van der Waals surface area contributed by atoms with Gasteiger partial charge in [-0.3, -0.25) is 0 Å². The van der Waals surface area contributed by atoms with E-state index in [1.807, 2.05) is 30.9 Å². The fourth-order valence-electron chi connectivity index (χ4n) is 2.07. The molecule has 0 aliphatic carbocycles. The number of nitrogens with one attached hydrogen (secondary N) is 1. The van der Waals surface area contributed by atoms with Crippen molar-refractivity contribution in [3.8, 4) is 5.75 Å². The van der Waals surface area contributed by atoms with Gasteiger partial charge in [0, 0.05) is 35.5 Å². The van der Waals surface area contributed by atoms with Crippen molar-refractivity contribution in [2.45, 2.75) is 32.9 Å². The van der Waals surface area contributed by atoms with E-state index >= 15 is 0 Å². The number of hydrogen-bond donors (Lipinski definition) is 1. The van der Waals surface area contributed by atoms with Crippen molar-refractivity contribution in [3.05, 3.63) is 47.0 Å². The van der Waals surface area contributed by atoms with Gasteiger partial charge in [-0.1, -0.05) is 22.9 Å². The standard InChI is InChI=1S/C16H22BrN3O/c1-2-10-21-16-5-4-15(17)11-14(16)12-18-6-3-8-20-9-7-19-13-20/h4-5,7,9,11,13,18H,2-3,6,8,10,12H2,1H3. The quantitative estimate of drug-likeness (QED) is 0.701. The Kier molecular flexibility index (Phi) is 6.76. The second-order valence-corrected chi connectivity index (χ2v) is 5.85. The van der Waals surface area contributed by atoms with E-state index in [9.17, 15) is 0 Å². The van der Waals surface area contributed by atoms with Gasteiger partial charge in [0.05, 0.1) is 12.9 Å². The van der Waals surface area contributed by atoms with Crippen LogP contribution in [0.5, 0.6) is 5.75 Å². The SMILES string of the molecule is CCCOc1ccc(Br)cc1CNCCCn1ccnc1. The molecule has 0 radical (unpaired) electrons. The fourth-order valence-corrected chi connectivity index (χ4v) is 2.48. The third kappa shape index (κ3) is 5.52. The molecule has 0 aliphatic rings. The number of aryl methyl sites for hydroxylation is 1. The summed E-state index contributed by atoms with van der Waals surface area (Å²) in [7, 11) is 0. The highest BCUT2D eigenvalue weighted by molar-refractivity contribution is 9.10. The molecule has 1 heterocycles. The molecule has 0 aliphatic heterocycles. The molecule has 21 heavy (non-hydrogen) atoms. The molecular weight excluding hydrogens is 330 g/mol. The Morgan fingerprint density at radius 1 is 1.38 bits per heavy atom. The summed E-state index contributed by atoms with van der Waals surface area (Å²) in [6, 6.07) is 6.17. The summed E-state index contributed by atoms with van der Waals surface area (Å²) >= 11 is 3.52. The van der Waals surface area contributed by atoms with Gasteiger partial charge in [-0.05, 0) is 37.6 Å². The topological polar surface area (TPSA) is 39.1 Å². The first-order chi connectivity index (χ1) is 10.3. The van der Waals surface area contributed by atoms with Crippen LogP contribution in [0, 0.1) is 0 Å². The molecule has 0 fully saturated rings. The summed E-state index contributed by atoms with van der Waals surface area (Å²) in [5.74, 6) is 0.974. The molecule has 1 aromatic carbocycles. The summed E-state index contributed by atoms with van der Waals surface area (Å²) in [6.07, 6.45) is 7.76. The van der Waals surface area contributed by atoms with Gasteiger partial charge in [-0.25, -0.2) is 4.98 Å². The summed E-state index contributed by atoms with van der Waals surface area (Å²) in [4.78, 5) is 4.04. The lowest BCUT2D eigenvalue weighted by Crippen LogP contribution is -2.17. The molecule has 5 heteroatoms. The van der Waals surface area contributed by atoms with Crippen LogP contribution >= 0.6 is 15.9 Å². The van der Waals surface area contributed by atoms with E-state index in [-0.39, 0.29) is 0 Å². The van der Waals surface area contributed by atoms with Crippen LogP contribution in [0.3, 0.4) is 0 Å². The fraction of sp³-hybridized carbons (Fsp3) is 0.438. The largest absolute Gasteiger partial charge is 0.493 e. The first kappa shape index (κ1) is 16.0. The highest BCUT2D eigenvalue weighted by atomic mass is 79.9. The van der Waals surface area contributed by atoms with E-state index in [0.717, 1.165) is 49.3 Å². The molecule has 0 spiro atoms. The summed E-state index contributed by atoms with van der Waals surface area (Å²) in [5.41, 5.74) is 1.19. The smallest absolute Gasteiger partial charge is 0.123 e. The molecule has 4 nitrogen and oxygen atoms in total. The maximum Gasteiger partial charge on any atom is 0.123 e. The van der Waals surface area contributed by atoms with Gasteiger partial charge in [0.1, 0.15) is 5.75 Å². The monoisotopic (exact) mass is 351 g/mol. The van der Waals surface area contributed by atoms with Crippen molar-refractivity contribution < 1.29 is 4.74 Å². The van der Waals surface area contributed by atoms with E-state index in [2.05, 4.69) is 43.8 Å². The van der Waals surface area contributed by atoms with Crippen LogP contribution in [-0.2, 0) is 13.1 Å². The van der Waals surface area contributed by atoms with Gasteiger partial charge >= 0.3 is 0 Å². The molecule has 0 atom stereocenters. The number of nitrogens with zero attached hydrogens (tertiary/aromatic N) is 2. The van der Waals surface area contributed by atoms with Gasteiger partial charge in [0.2, 0.25) is 0 Å². The van der Waals surface area contributed by atoms with Gasteiger partial charge in [0.25, 0.3) is 0 Å². The Morgan fingerprint density at radius 3 is 3.05 bits per heavy atom. The van der Waals surface area contributed by atoms with E-state index in [4.69, 9.17) is 4.74 Å². The van der Waals surface area contributed by atoms with E-state index < -0.39 is 0 Å². The van der Waals surface area contributed by atoms with Crippen LogP contribution in [0.15, 0.2) is 41.4 Å². The third-order valence-corrected chi connectivity index (χ3v) is 3.62. The molecule has 2 aromatic rings. The van der Waals surface area contributed by atoms with Crippen molar-refractivity contribution in [1.29, 1.82) is 0 Å². The zero-order chi connectivity index (χ0) is 14.9. The lowest BCUT2D eigenvalue weighted by atomic mass is 10.2. The van der Waals surface area contributed by atoms with Gasteiger partial charge < -0.3 is 14.6 Å². The zero-order valence-electron chi connectivity index (χ0n) is 12.4. The number of ether oxygens (including phenoxy) is 1. The third-order valence-electron chi connectivity index (χ3n) is 3.13. The van der Waals surface area contributed by atoms with Crippen LogP contribution in [-0.4, -0.2) is 22.7 Å². The van der Waals surface area contributed by atoms with Crippen molar-refractivity contribution >= 4 is 15.9 Å². The van der Waals surface area contributed by atoms with Gasteiger partial charge in [0.15, 0.2) is 0 Å². The molecule has 1 aromatic heterocycles. The van der Waals surface area contributed by atoms with Gasteiger partial charge in [-0.15, -0.1) is 0 Å². The Morgan fingerprint density at radius 2 is 2.29 bits per heavy atom. The summed E-state index contributed by atoms with van der Waals surface area (Å²) < 4.78 is 8.96. The maximum atomic E-state index is 5.78. The lowest BCUT2D eigenvalue weighted by molar-refractivity contribution is 0.313. The van der Waals surface area contributed by atoms with E-state index in [1.165, 1.54) is 5.56 Å². The summed E-state index contributed by atoms with van der Waals surface area (Å²) in [6.45, 7) is 5.66. The van der Waals surface area contributed by atoms with Crippen LogP contribution in [0.4, 0.5) is 0 Å². The zero-order valence-corrected chi connectivity index (χ0v) is 14.0. The Balaban J connectivity index is 1.77. The molecule has 114 valence electrons. The van der Waals surface area contributed by atoms with Crippen LogP contribution in [0.25, 0.3) is 0 Å². The highest BCUT2D eigenvalue weighted by Gasteiger charge is 2.04. The highest BCUT2D eigenvalue weighted by Crippen LogP contribution is 2.23. The molecule has 0 saturated heterocycles. The number of imidazole rings is 1. The van der Waals surface area contributed by atoms with Crippen molar-refractivity contribution in [1.82, 2.24) is 14.9 Å². The maximum absolute atomic E-state index is 5.78. The normalized spacial score (nSPS) is 10.8. The Labute approximate surface area is 134 Å². The molecule has 1 N–H and O–H groups in total. The second kappa shape index (κ2) is 8.85. The Hall–Kier alpha value is -1.33. The first-order valence-corrected chi connectivity index (χ1v) is 8.16. The van der Waals surface area contributed by atoms with Gasteiger partial charge in [-0.2, -0.15) is 0 Å². The Bertz CT molecular complexity index is 528. The average Bonchev–Trinajstić information content (AvgIpc) is 2.99. The number of aromatic nitrogens is 2. The van der Waals surface area contributed by atoms with E-state index in [1.54, 1.807) is 0 Å². The first-order valence-electron chi connectivity index (χ1n) is 7.37. The number of hydrogen-bond acceptors (Lipinski definition) is 3. The predicted octanol–water partition coefficient (Wildman–Crippen LogP) is 3.61. The number of rotatable bonds is 9. The summed E-state index contributed by atoms with van der Waals surface area (Å²) in [5, 5.41) is 3.47. The van der Waals surface area contributed by atoms with Crippen molar-refractivity contribution in [3.63, 3.8) is 0 Å². The number of benzene rings is 1.